The van der Waals surface area contributed by atoms with Gasteiger partial charge in [-0.25, -0.2) is 9.78 Å². The molecule has 0 atom stereocenters. The van der Waals surface area contributed by atoms with Crippen LogP contribution in [0.15, 0.2) is 18.2 Å². The number of amides is 1. The van der Waals surface area contributed by atoms with Crippen molar-refractivity contribution in [2.45, 2.75) is 32.8 Å². The van der Waals surface area contributed by atoms with Crippen molar-refractivity contribution in [2.24, 2.45) is 0 Å². The van der Waals surface area contributed by atoms with E-state index >= 15 is 0 Å². The molecule has 0 aliphatic rings. The van der Waals surface area contributed by atoms with Crippen molar-refractivity contribution in [3.05, 3.63) is 23.8 Å². The van der Waals surface area contributed by atoms with Gasteiger partial charge in [0.1, 0.15) is 5.60 Å². The Morgan fingerprint density at radius 1 is 1.45 bits per heavy atom. The minimum atomic E-state index is -0.477. The van der Waals surface area contributed by atoms with Crippen LogP contribution in [0.3, 0.4) is 0 Å². The molecule has 0 saturated heterocycles. The number of fused-ring (bicyclic) bond motifs is 1. The summed E-state index contributed by atoms with van der Waals surface area (Å²) >= 11 is 0. The highest BCUT2D eigenvalue weighted by Gasteiger charge is 2.15. The molecular weight excluding hydrogens is 256 g/mol. The summed E-state index contributed by atoms with van der Waals surface area (Å²) in [6, 6.07) is 5.87. The second-order valence-electron chi connectivity index (χ2n) is 5.65. The van der Waals surface area contributed by atoms with E-state index in [1.807, 2.05) is 39.0 Å². The fourth-order valence-electron chi connectivity index (χ4n) is 1.85. The van der Waals surface area contributed by atoms with Gasteiger partial charge in [-0.1, -0.05) is 6.07 Å². The van der Waals surface area contributed by atoms with E-state index in [-0.39, 0.29) is 0 Å². The number of H-pyrrole nitrogens is 1. The van der Waals surface area contributed by atoms with Crippen LogP contribution in [-0.2, 0) is 11.2 Å². The van der Waals surface area contributed by atoms with Crippen LogP contribution >= 0.6 is 0 Å². The lowest BCUT2D eigenvalue weighted by Gasteiger charge is -2.19. The number of anilines is 1. The molecule has 1 aromatic carbocycles. The first-order valence-electron chi connectivity index (χ1n) is 6.54. The van der Waals surface area contributed by atoms with Crippen molar-refractivity contribution in [1.29, 1.82) is 0 Å². The van der Waals surface area contributed by atoms with Crippen molar-refractivity contribution >= 4 is 23.1 Å². The third-order valence-electron chi connectivity index (χ3n) is 2.65. The molecule has 4 N–H and O–H groups in total. The van der Waals surface area contributed by atoms with Crippen LogP contribution in [0, 0.1) is 0 Å². The van der Waals surface area contributed by atoms with E-state index in [4.69, 9.17) is 10.5 Å². The maximum absolute atomic E-state index is 11.5. The van der Waals surface area contributed by atoms with E-state index in [2.05, 4.69) is 15.3 Å². The fourth-order valence-corrected chi connectivity index (χ4v) is 1.85. The quantitative estimate of drug-likeness (QED) is 0.801. The number of carbonyl (C=O) groups excluding carboxylic acids is 1. The minimum Gasteiger partial charge on any atom is -0.444 e. The van der Waals surface area contributed by atoms with Gasteiger partial charge in [-0.3, -0.25) is 0 Å². The summed E-state index contributed by atoms with van der Waals surface area (Å²) in [4.78, 5) is 18.6. The number of alkyl carbamates (subject to hydrolysis) is 1. The number of imidazole rings is 1. The Kier molecular flexibility index (Phi) is 3.83. The van der Waals surface area contributed by atoms with Gasteiger partial charge < -0.3 is 20.8 Å². The van der Waals surface area contributed by atoms with Crippen molar-refractivity contribution < 1.29 is 9.53 Å². The zero-order valence-electron chi connectivity index (χ0n) is 12.0. The van der Waals surface area contributed by atoms with Gasteiger partial charge in [0.05, 0.1) is 11.0 Å². The molecule has 0 bridgehead atoms. The number of nitrogens with one attached hydrogen (secondary N) is 2. The third kappa shape index (κ3) is 3.88. The Bertz CT molecular complexity index is 613. The summed E-state index contributed by atoms with van der Waals surface area (Å²) in [5, 5.41) is 2.73. The molecule has 0 radical (unpaired) electrons. The summed E-state index contributed by atoms with van der Waals surface area (Å²) in [5.41, 5.74) is 7.95. The summed E-state index contributed by atoms with van der Waals surface area (Å²) in [7, 11) is 0. The van der Waals surface area contributed by atoms with Crippen LogP contribution in [0.2, 0.25) is 0 Å². The molecule has 108 valence electrons. The number of benzene rings is 1. The van der Waals surface area contributed by atoms with E-state index in [0.29, 0.717) is 18.9 Å². The molecule has 1 amide bonds. The Balaban J connectivity index is 1.88. The molecule has 6 heteroatoms. The number of hydrogen-bond acceptors (Lipinski definition) is 4. The molecule has 20 heavy (non-hydrogen) atoms. The molecule has 0 aliphatic heterocycles. The molecule has 2 rings (SSSR count). The van der Waals surface area contributed by atoms with E-state index in [0.717, 1.165) is 16.6 Å². The first kappa shape index (κ1) is 14.2. The minimum absolute atomic E-state index is 0.400. The first-order valence-corrected chi connectivity index (χ1v) is 6.54. The number of carbonyl (C=O) groups is 1. The zero-order chi connectivity index (χ0) is 14.8. The van der Waals surface area contributed by atoms with Gasteiger partial charge in [0.2, 0.25) is 0 Å². The number of nitrogens with two attached hydrogens (primary N) is 1. The number of rotatable bonds is 3. The maximum atomic E-state index is 11.5. The predicted molar refractivity (Wildman–Crippen MR) is 78.4 cm³/mol. The second kappa shape index (κ2) is 5.40. The molecule has 0 saturated carbocycles. The Labute approximate surface area is 117 Å². The van der Waals surface area contributed by atoms with Gasteiger partial charge in [0, 0.05) is 6.54 Å². The van der Waals surface area contributed by atoms with Gasteiger partial charge in [0.15, 0.2) is 5.95 Å². The monoisotopic (exact) mass is 276 g/mol. The Hall–Kier alpha value is -2.24. The summed E-state index contributed by atoms with van der Waals surface area (Å²) in [6.45, 7) is 6.02. The van der Waals surface area contributed by atoms with E-state index in [1.165, 1.54) is 0 Å². The van der Waals surface area contributed by atoms with Gasteiger partial charge >= 0.3 is 6.09 Å². The largest absolute Gasteiger partial charge is 0.444 e. The van der Waals surface area contributed by atoms with Crippen molar-refractivity contribution in [2.75, 3.05) is 12.3 Å². The molecule has 0 unspecified atom stereocenters. The SMILES string of the molecule is CC(C)(C)OC(=O)NCCc1ccc2[nH]c(N)nc2c1. The molecule has 0 spiro atoms. The highest BCUT2D eigenvalue weighted by atomic mass is 16.6. The molecular formula is C14H20N4O2. The Morgan fingerprint density at radius 2 is 2.20 bits per heavy atom. The average Bonchev–Trinajstić information content (AvgIpc) is 2.66. The first-order chi connectivity index (χ1) is 9.33. The van der Waals surface area contributed by atoms with Crippen LogP contribution < -0.4 is 11.1 Å². The van der Waals surface area contributed by atoms with Gasteiger partial charge in [0.25, 0.3) is 0 Å². The number of aromatic nitrogens is 2. The molecule has 0 aliphatic carbocycles. The predicted octanol–water partition coefficient (Wildman–Crippen LogP) is 2.21. The van der Waals surface area contributed by atoms with E-state index < -0.39 is 11.7 Å². The summed E-state index contributed by atoms with van der Waals surface area (Å²) in [6.07, 6.45) is 0.310. The van der Waals surface area contributed by atoms with Crippen LogP contribution in [0.4, 0.5) is 10.7 Å². The van der Waals surface area contributed by atoms with Crippen molar-refractivity contribution in [3.63, 3.8) is 0 Å². The number of hydrogen-bond donors (Lipinski definition) is 3. The average molecular weight is 276 g/mol. The molecule has 0 fully saturated rings. The van der Waals surface area contributed by atoms with Crippen LogP contribution in [-0.4, -0.2) is 28.2 Å². The number of nitrogens with zero attached hydrogens (tertiary/aromatic N) is 1. The van der Waals surface area contributed by atoms with Gasteiger partial charge in [-0.05, 0) is 44.9 Å². The highest BCUT2D eigenvalue weighted by molar-refractivity contribution is 5.77. The smallest absolute Gasteiger partial charge is 0.407 e. The van der Waals surface area contributed by atoms with Crippen molar-refractivity contribution in [1.82, 2.24) is 15.3 Å². The molecule has 1 aromatic heterocycles. The highest BCUT2D eigenvalue weighted by Crippen LogP contribution is 2.14. The standard InChI is InChI=1S/C14H20N4O2/c1-14(2,3)20-13(19)16-7-6-9-4-5-10-11(8-9)18-12(15)17-10/h4-5,8H,6-7H2,1-3H3,(H,16,19)(H3,15,17,18). The van der Waals surface area contributed by atoms with Crippen LogP contribution in [0.1, 0.15) is 26.3 Å². The zero-order valence-corrected chi connectivity index (χ0v) is 12.0. The molecule has 2 aromatic rings. The normalized spacial score (nSPS) is 11.6. The van der Waals surface area contributed by atoms with E-state index in [1.54, 1.807) is 0 Å². The Morgan fingerprint density at radius 3 is 2.90 bits per heavy atom. The van der Waals surface area contributed by atoms with Crippen molar-refractivity contribution in [3.8, 4) is 0 Å². The molecule has 1 heterocycles. The third-order valence-corrected chi connectivity index (χ3v) is 2.65. The fraction of sp³-hybridized carbons (Fsp3) is 0.429. The lowest BCUT2D eigenvalue weighted by atomic mass is 10.1. The number of nitrogen functional groups attached to an aromatic ring is 1. The summed E-state index contributed by atoms with van der Waals surface area (Å²) in [5.74, 6) is 0.407. The van der Waals surface area contributed by atoms with Gasteiger partial charge in [-0.15, -0.1) is 0 Å². The second-order valence-corrected chi connectivity index (χ2v) is 5.65. The summed E-state index contributed by atoms with van der Waals surface area (Å²) < 4.78 is 5.17. The lowest BCUT2D eigenvalue weighted by Crippen LogP contribution is -2.33. The molecule has 6 nitrogen and oxygen atoms in total. The van der Waals surface area contributed by atoms with E-state index in [9.17, 15) is 4.79 Å². The lowest BCUT2D eigenvalue weighted by molar-refractivity contribution is 0.0528. The topological polar surface area (TPSA) is 93.0 Å². The van der Waals surface area contributed by atoms with Gasteiger partial charge in [-0.2, -0.15) is 0 Å². The van der Waals surface area contributed by atoms with Crippen LogP contribution in [0.25, 0.3) is 11.0 Å². The maximum Gasteiger partial charge on any atom is 0.407 e. The number of ether oxygens (including phenoxy) is 1. The number of aromatic amines is 1. The van der Waals surface area contributed by atoms with Crippen LogP contribution in [0.5, 0.6) is 0 Å².